The normalized spacial score (nSPS) is 10.6. The molecule has 0 bridgehead atoms. The second kappa shape index (κ2) is 10.4. The van der Waals surface area contributed by atoms with Gasteiger partial charge in [-0.05, 0) is 54.2 Å². The monoisotopic (exact) mass is 528 g/mol. The Balaban J connectivity index is 1.59. The van der Waals surface area contributed by atoms with E-state index < -0.39 is 11.5 Å². The summed E-state index contributed by atoms with van der Waals surface area (Å²) < 4.78 is 15.9. The van der Waals surface area contributed by atoms with Crippen LogP contribution in [0.1, 0.15) is 10.4 Å². The highest BCUT2D eigenvalue weighted by molar-refractivity contribution is 7.80. The second-order valence-corrected chi connectivity index (χ2v) is 8.50. The summed E-state index contributed by atoms with van der Waals surface area (Å²) in [4.78, 5) is 25.3. The highest BCUT2D eigenvalue weighted by Gasteiger charge is 2.16. The van der Waals surface area contributed by atoms with Crippen LogP contribution in [0.2, 0.25) is 10.0 Å². The Bertz CT molecular complexity index is 1500. The molecule has 0 aliphatic carbocycles. The van der Waals surface area contributed by atoms with Crippen molar-refractivity contribution in [1.29, 1.82) is 0 Å². The van der Waals surface area contributed by atoms with Gasteiger partial charge in [-0.2, -0.15) is 0 Å². The van der Waals surface area contributed by atoms with E-state index in [1.165, 1.54) is 26.4 Å². The highest BCUT2D eigenvalue weighted by atomic mass is 35.5. The van der Waals surface area contributed by atoms with Crippen LogP contribution in [0, 0.1) is 0 Å². The Kier molecular flexibility index (Phi) is 7.25. The van der Waals surface area contributed by atoms with Gasteiger partial charge < -0.3 is 19.2 Å². The zero-order valence-electron chi connectivity index (χ0n) is 18.5. The maximum atomic E-state index is 12.7. The van der Waals surface area contributed by atoms with Crippen molar-refractivity contribution in [3.05, 3.63) is 86.7 Å². The van der Waals surface area contributed by atoms with Gasteiger partial charge in [-0.25, -0.2) is 4.79 Å². The van der Waals surface area contributed by atoms with E-state index in [0.717, 1.165) is 5.39 Å². The summed E-state index contributed by atoms with van der Waals surface area (Å²) in [7, 11) is 2.92. The quantitative estimate of drug-likeness (QED) is 0.245. The molecule has 0 spiro atoms. The Labute approximate surface area is 215 Å². The van der Waals surface area contributed by atoms with Crippen LogP contribution in [0.4, 0.5) is 5.69 Å². The SMILES string of the molecule is COc1ccc(-c2cc3ccccc3oc2=O)cc1NC(=S)NC(=O)c1cc(Cl)c(OC)c(Cl)c1. The maximum Gasteiger partial charge on any atom is 0.344 e. The zero-order valence-corrected chi connectivity index (χ0v) is 20.8. The van der Waals surface area contributed by atoms with Crippen LogP contribution in [0.15, 0.2) is 69.9 Å². The van der Waals surface area contributed by atoms with E-state index in [-0.39, 0.29) is 26.5 Å². The van der Waals surface area contributed by atoms with Gasteiger partial charge in [0, 0.05) is 10.9 Å². The fraction of sp³-hybridized carbons (Fsp3) is 0.0800. The molecule has 7 nitrogen and oxygen atoms in total. The van der Waals surface area contributed by atoms with Crippen LogP contribution in [-0.4, -0.2) is 25.2 Å². The van der Waals surface area contributed by atoms with Crippen LogP contribution in [-0.2, 0) is 0 Å². The lowest BCUT2D eigenvalue weighted by Gasteiger charge is -2.15. The number of fused-ring (bicyclic) bond motifs is 1. The Morgan fingerprint density at radius 1 is 0.971 bits per heavy atom. The molecule has 4 rings (SSSR count). The minimum Gasteiger partial charge on any atom is -0.495 e. The molecule has 0 saturated carbocycles. The molecule has 1 aromatic heterocycles. The number of carbonyl (C=O) groups is 1. The number of rotatable bonds is 5. The van der Waals surface area contributed by atoms with E-state index in [1.54, 1.807) is 36.4 Å². The highest BCUT2D eigenvalue weighted by Crippen LogP contribution is 2.34. The predicted molar refractivity (Wildman–Crippen MR) is 141 cm³/mol. The first-order valence-corrected chi connectivity index (χ1v) is 11.3. The van der Waals surface area contributed by atoms with E-state index in [0.29, 0.717) is 28.1 Å². The Morgan fingerprint density at radius 3 is 2.37 bits per heavy atom. The van der Waals surface area contributed by atoms with Gasteiger partial charge in [-0.15, -0.1) is 0 Å². The van der Waals surface area contributed by atoms with Gasteiger partial charge in [0.1, 0.15) is 11.3 Å². The molecule has 0 aliphatic rings. The minimum absolute atomic E-state index is 0.000871. The van der Waals surface area contributed by atoms with Crippen LogP contribution in [0.3, 0.4) is 0 Å². The standard InChI is InChI=1S/C25H18Cl2N2O5S/c1-32-21-8-7-13(16-9-14-5-3-4-6-20(14)34-24(16)31)12-19(21)28-25(35)29-23(30)15-10-17(26)22(33-2)18(27)11-15/h3-12H,1-2H3,(H2,28,29,30,35). The summed E-state index contributed by atoms with van der Waals surface area (Å²) >= 11 is 17.6. The zero-order chi connectivity index (χ0) is 25.1. The number of amides is 1. The van der Waals surface area contributed by atoms with Gasteiger partial charge in [-0.3, -0.25) is 10.1 Å². The molecule has 0 aliphatic heterocycles. The number of methoxy groups -OCH3 is 2. The second-order valence-electron chi connectivity index (χ2n) is 7.28. The number of ether oxygens (including phenoxy) is 2. The number of anilines is 1. The van der Waals surface area contributed by atoms with Crippen molar-refractivity contribution in [1.82, 2.24) is 5.32 Å². The number of carbonyl (C=O) groups excluding carboxylic acids is 1. The van der Waals surface area contributed by atoms with Gasteiger partial charge in [0.25, 0.3) is 5.91 Å². The van der Waals surface area contributed by atoms with Gasteiger partial charge >= 0.3 is 5.63 Å². The molecule has 178 valence electrons. The Hall–Kier alpha value is -3.59. The number of thiocarbonyl (C=S) groups is 1. The van der Waals surface area contributed by atoms with Crippen molar-refractivity contribution in [3.8, 4) is 22.6 Å². The fourth-order valence-electron chi connectivity index (χ4n) is 3.45. The van der Waals surface area contributed by atoms with Gasteiger partial charge in [0.2, 0.25) is 0 Å². The molecule has 0 saturated heterocycles. The Morgan fingerprint density at radius 2 is 1.69 bits per heavy atom. The molecule has 0 atom stereocenters. The smallest absolute Gasteiger partial charge is 0.344 e. The first-order valence-electron chi connectivity index (χ1n) is 10.2. The lowest BCUT2D eigenvalue weighted by atomic mass is 10.0. The lowest BCUT2D eigenvalue weighted by Crippen LogP contribution is -2.34. The van der Waals surface area contributed by atoms with Crippen molar-refractivity contribution in [3.63, 3.8) is 0 Å². The van der Waals surface area contributed by atoms with E-state index in [1.807, 2.05) is 12.1 Å². The topological polar surface area (TPSA) is 89.8 Å². The maximum absolute atomic E-state index is 12.7. The summed E-state index contributed by atoms with van der Waals surface area (Å²) in [6, 6.07) is 16.9. The van der Waals surface area contributed by atoms with Crippen LogP contribution < -0.4 is 25.7 Å². The summed E-state index contributed by atoms with van der Waals surface area (Å²) in [5.74, 6) is 0.190. The van der Waals surface area contributed by atoms with Crippen LogP contribution in [0.25, 0.3) is 22.1 Å². The van der Waals surface area contributed by atoms with Gasteiger partial charge in [0.15, 0.2) is 10.9 Å². The average molecular weight is 529 g/mol. The van der Waals surface area contributed by atoms with Gasteiger partial charge in [0.05, 0.1) is 35.5 Å². The predicted octanol–water partition coefficient (Wildman–Crippen LogP) is 5.91. The number of halogens is 2. The third-order valence-electron chi connectivity index (χ3n) is 5.09. The first-order chi connectivity index (χ1) is 16.8. The van der Waals surface area contributed by atoms with Crippen molar-refractivity contribution in [2.24, 2.45) is 0 Å². The fourth-order valence-corrected chi connectivity index (χ4v) is 4.30. The van der Waals surface area contributed by atoms with Crippen LogP contribution in [0.5, 0.6) is 11.5 Å². The van der Waals surface area contributed by atoms with Crippen molar-refractivity contribution in [2.45, 2.75) is 0 Å². The third kappa shape index (κ3) is 5.24. The molecule has 0 unspecified atom stereocenters. The molecule has 0 radical (unpaired) electrons. The van der Waals surface area contributed by atoms with E-state index in [2.05, 4.69) is 10.6 Å². The summed E-state index contributed by atoms with van der Waals surface area (Å²) in [5, 5.41) is 6.66. The molecule has 0 fully saturated rings. The number of benzene rings is 3. The molecule has 3 aromatic carbocycles. The lowest BCUT2D eigenvalue weighted by molar-refractivity contribution is 0.0977. The number of para-hydroxylation sites is 1. The van der Waals surface area contributed by atoms with Crippen molar-refractivity contribution >= 4 is 63.1 Å². The van der Waals surface area contributed by atoms with Crippen molar-refractivity contribution in [2.75, 3.05) is 19.5 Å². The van der Waals surface area contributed by atoms with Crippen molar-refractivity contribution < 1.29 is 18.7 Å². The molecule has 2 N–H and O–H groups in total. The molecule has 10 heteroatoms. The summed E-state index contributed by atoms with van der Waals surface area (Å²) in [5.41, 5.74) is 1.59. The molecule has 35 heavy (non-hydrogen) atoms. The molecule has 1 heterocycles. The third-order valence-corrected chi connectivity index (χ3v) is 5.86. The summed E-state index contributed by atoms with van der Waals surface area (Å²) in [6.07, 6.45) is 0. The van der Waals surface area contributed by atoms with E-state index >= 15 is 0 Å². The number of hydrogen-bond acceptors (Lipinski definition) is 6. The first kappa shape index (κ1) is 24.5. The largest absolute Gasteiger partial charge is 0.495 e. The molecule has 1 amide bonds. The van der Waals surface area contributed by atoms with E-state index in [4.69, 9.17) is 49.3 Å². The molecule has 4 aromatic rings. The van der Waals surface area contributed by atoms with E-state index in [9.17, 15) is 9.59 Å². The molecular formula is C25H18Cl2N2O5S. The minimum atomic E-state index is -0.528. The summed E-state index contributed by atoms with van der Waals surface area (Å²) in [6.45, 7) is 0. The van der Waals surface area contributed by atoms with Crippen LogP contribution >= 0.6 is 35.4 Å². The molecular weight excluding hydrogens is 511 g/mol. The number of hydrogen-bond donors (Lipinski definition) is 2. The van der Waals surface area contributed by atoms with Gasteiger partial charge in [-0.1, -0.05) is 47.5 Å². The average Bonchev–Trinajstić information content (AvgIpc) is 2.83. The number of nitrogens with one attached hydrogen (secondary N) is 2.